The maximum absolute atomic E-state index is 5.92. The topological polar surface area (TPSA) is 32.5 Å². The van der Waals surface area contributed by atoms with E-state index in [0.717, 1.165) is 50.1 Å². The van der Waals surface area contributed by atoms with Crippen molar-refractivity contribution in [2.24, 2.45) is 5.73 Å². The molecule has 1 fully saturated rings. The van der Waals surface area contributed by atoms with Gasteiger partial charge in [-0.25, -0.2) is 0 Å². The predicted octanol–water partition coefficient (Wildman–Crippen LogP) is 1.48. The highest BCUT2D eigenvalue weighted by Crippen LogP contribution is 2.22. The van der Waals surface area contributed by atoms with E-state index in [-0.39, 0.29) is 0 Å². The monoisotopic (exact) mass is 259 g/mol. The van der Waals surface area contributed by atoms with E-state index in [2.05, 4.69) is 15.9 Å². The zero-order valence-corrected chi connectivity index (χ0v) is 10.9. The smallest absolute Gasteiger partial charge is 0.0931 e. The van der Waals surface area contributed by atoms with Crippen LogP contribution in [0, 0.1) is 0 Å². The van der Waals surface area contributed by atoms with Gasteiger partial charge in [-0.15, -0.1) is 11.3 Å². The zero-order chi connectivity index (χ0) is 11.4. The maximum Gasteiger partial charge on any atom is 0.0931 e. The number of rotatable bonds is 4. The van der Waals surface area contributed by atoms with Crippen molar-refractivity contribution in [3.8, 4) is 0 Å². The molecule has 2 rings (SSSR count). The summed E-state index contributed by atoms with van der Waals surface area (Å²) in [4.78, 5) is 6.27. The SMILES string of the molecule is NCCN1CCN(Cc2ccc(Cl)s2)CC1. The highest BCUT2D eigenvalue weighted by molar-refractivity contribution is 7.16. The lowest BCUT2D eigenvalue weighted by atomic mass is 10.3. The average Bonchev–Trinajstić information content (AvgIpc) is 2.67. The van der Waals surface area contributed by atoms with Crippen molar-refractivity contribution in [3.05, 3.63) is 21.3 Å². The van der Waals surface area contributed by atoms with E-state index in [1.165, 1.54) is 4.88 Å². The quantitative estimate of drug-likeness (QED) is 0.889. The average molecular weight is 260 g/mol. The summed E-state index contributed by atoms with van der Waals surface area (Å²) in [6.07, 6.45) is 0. The van der Waals surface area contributed by atoms with Crippen LogP contribution in [0.25, 0.3) is 0 Å². The fraction of sp³-hybridized carbons (Fsp3) is 0.636. The highest BCUT2D eigenvalue weighted by atomic mass is 35.5. The second-order valence-electron chi connectivity index (χ2n) is 4.11. The highest BCUT2D eigenvalue weighted by Gasteiger charge is 2.16. The van der Waals surface area contributed by atoms with Crippen LogP contribution in [0.2, 0.25) is 4.34 Å². The third-order valence-electron chi connectivity index (χ3n) is 2.92. The van der Waals surface area contributed by atoms with Crippen molar-refractivity contribution in [2.75, 3.05) is 39.3 Å². The van der Waals surface area contributed by atoms with Gasteiger partial charge in [0.15, 0.2) is 0 Å². The maximum atomic E-state index is 5.92. The minimum Gasteiger partial charge on any atom is -0.329 e. The molecule has 0 atom stereocenters. The van der Waals surface area contributed by atoms with Gasteiger partial charge in [0.1, 0.15) is 0 Å². The lowest BCUT2D eigenvalue weighted by Gasteiger charge is -2.34. The number of hydrogen-bond donors (Lipinski definition) is 1. The summed E-state index contributed by atoms with van der Waals surface area (Å²) in [7, 11) is 0. The number of halogens is 1. The zero-order valence-electron chi connectivity index (χ0n) is 9.36. The first-order chi connectivity index (χ1) is 7.78. The summed E-state index contributed by atoms with van der Waals surface area (Å²) < 4.78 is 0.886. The Labute approximate surface area is 106 Å². The largest absolute Gasteiger partial charge is 0.329 e. The van der Waals surface area contributed by atoms with Crippen molar-refractivity contribution in [1.29, 1.82) is 0 Å². The first kappa shape index (κ1) is 12.3. The van der Waals surface area contributed by atoms with Gasteiger partial charge in [0.25, 0.3) is 0 Å². The summed E-state index contributed by atoms with van der Waals surface area (Å²) in [6, 6.07) is 4.10. The molecular formula is C11H18ClN3S. The van der Waals surface area contributed by atoms with Crippen molar-refractivity contribution in [1.82, 2.24) is 9.80 Å². The van der Waals surface area contributed by atoms with Gasteiger partial charge in [0, 0.05) is 50.7 Å². The van der Waals surface area contributed by atoms with Gasteiger partial charge < -0.3 is 5.73 Å². The Kier molecular flexibility index (Phi) is 4.61. The summed E-state index contributed by atoms with van der Waals surface area (Å²) in [5.41, 5.74) is 5.55. The second kappa shape index (κ2) is 5.98. The van der Waals surface area contributed by atoms with Gasteiger partial charge in [-0.2, -0.15) is 0 Å². The van der Waals surface area contributed by atoms with Gasteiger partial charge >= 0.3 is 0 Å². The van der Waals surface area contributed by atoms with Crippen molar-refractivity contribution < 1.29 is 0 Å². The van der Waals surface area contributed by atoms with Gasteiger partial charge in [-0.1, -0.05) is 11.6 Å². The molecule has 0 aliphatic carbocycles. The van der Waals surface area contributed by atoms with E-state index in [9.17, 15) is 0 Å². The number of nitrogens with zero attached hydrogens (tertiary/aromatic N) is 2. The number of piperazine rings is 1. The second-order valence-corrected chi connectivity index (χ2v) is 5.91. The van der Waals surface area contributed by atoms with Crippen molar-refractivity contribution >= 4 is 22.9 Å². The van der Waals surface area contributed by atoms with E-state index in [1.54, 1.807) is 11.3 Å². The molecule has 1 aromatic heterocycles. The molecule has 0 radical (unpaired) electrons. The molecule has 2 N–H and O–H groups in total. The molecule has 5 heteroatoms. The van der Waals surface area contributed by atoms with Crippen LogP contribution in [0.5, 0.6) is 0 Å². The molecular weight excluding hydrogens is 242 g/mol. The summed E-state index contributed by atoms with van der Waals surface area (Å²) in [6.45, 7) is 7.37. The number of thiophene rings is 1. The van der Waals surface area contributed by atoms with Gasteiger partial charge in [0.05, 0.1) is 4.34 Å². The molecule has 90 valence electrons. The molecule has 0 saturated carbocycles. The fourth-order valence-corrected chi connectivity index (χ4v) is 3.14. The normalized spacial score (nSPS) is 19.1. The Morgan fingerprint density at radius 1 is 1.19 bits per heavy atom. The van der Waals surface area contributed by atoms with Gasteiger partial charge in [-0.05, 0) is 12.1 Å². The minimum absolute atomic E-state index is 0.764. The lowest BCUT2D eigenvalue weighted by Crippen LogP contribution is -2.47. The fourth-order valence-electron chi connectivity index (χ4n) is 2.01. The summed E-state index contributed by atoms with van der Waals surface area (Å²) in [5.74, 6) is 0. The molecule has 0 amide bonds. The van der Waals surface area contributed by atoms with E-state index in [4.69, 9.17) is 17.3 Å². The summed E-state index contributed by atoms with van der Waals surface area (Å²) in [5, 5.41) is 0. The number of hydrogen-bond acceptors (Lipinski definition) is 4. The van der Waals surface area contributed by atoms with Crippen molar-refractivity contribution in [2.45, 2.75) is 6.54 Å². The molecule has 16 heavy (non-hydrogen) atoms. The van der Waals surface area contributed by atoms with Crippen LogP contribution in [0.3, 0.4) is 0 Å². The molecule has 0 aromatic carbocycles. The van der Waals surface area contributed by atoms with E-state index >= 15 is 0 Å². The standard InChI is InChI=1S/C11H18ClN3S/c12-11-2-1-10(16-11)9-15-7-5-14(4-3-13)6-8-15/h1-2H,3-9,13H2. The summed E-state index contributed by atoms with van der Waals surface area (Å²) >= 11 is 7.60. The first-order valence-electron chi connectivity index (χ1n) is 5.67. The first-order valence-corrected chi connectivity index (χ1v) is 6.86. The van der Waals surface area contributed by atoms with Crippen LogP contribution in [-0.4, -0.2) is 49.1 Å². The molecule has 2 heterocycles. The molecule has 1 aromatic rings. The molecule has 1 aliphatic rings. The third-order valence-corrected chi connectivity index (χ3v) is 4.13. The van der Waals surface area contributed by atoms with E-state index in [0.29, 0.717) is 0 Å². The van der Waals surface area contributed by atoms with Crippen LogP contribution in [0.15, 0.2) is 12.1 Å². The molecule has 0 spiro atoms. The van der Waals surface area contributed by atoms with Gasteiger partial charge in [-0.3, -0.25) is 9.80 Å². The molecule has 0 unspecified atom stereocenters. The third kappa shape index (κ3) is 3.43. The van der Waals surface area contributed by atoms with E-state index in [1.807, 2.05) is 6.07 Å². The van der Waals surface area contributed by atoms with Crippen LogP contribution >= 0.6 is 22.9 Å². The van der Waals surface area contributed by atoms with Gasteiger partial charge in [0.2, 0.25) is 0 Å². The Balaban J connectivity index is 1.77. The van der Waals surface area contributed by atoms with Crippen LogP contribution in [0.4, 0.5) is 0 Å². The molecule has 0 bridgehead atoms. The van der Waals surface area contributed by atoms with Crippen LogP contribution in [0.1, 0.15) is 4.88 Å². The Morgan fingerprint density at radius 3 is 2.44 bits per heavy atom. The van der Waals surface area contributed by atoms with Crippen LogP contribution in [-0.2, 0) is 6.54 Å². The Morgan fingerprint density at radius 2 is 1.88 bits per heavy atom. The lowest BCUT2D eigenvalue weighted by molar-refractivity contribution is 0.130. The van der Waals surface area contributed by atoms with Crippen LogP contribution < -0.4 is 5.73 Å². The molecule has 1 aliphatic heterocycles. The Hall–Kier alpha value is -0.130. The number of nitrogens with two attached hydrogens (primary N) is 1. The molecule has 3 nitrogen and oxygen atoms in total. The predicted molar refractivity (Wildman–Crippen MR) is 70.1 cm³/mol. The molecule has 1 saturated heterocycles. The van der Waals surface area contributed by atoms with Crippen molar-refractivity contribution in [3.63, 3.8) is 0 Å². The Bertz CT molecular complexity index is 321. The minimum atomic E-state index is 0.764. The van der Waals surface area contributed by atoms with E-state index < -0.39 is 0 Å².